The number of nitrogens with zero attached hydrogens (tertiary/aromatic N) is 3. The summed E-state index contributed by atoms with van der Waals surface area (Å²) >= 11 is 3.35. The van der Waals surface area contributed by atoms with Crippen molar-refractivity contribution in [3.63, 3.8) is 0 Å². The van der Waals surface area contributed by atoms with E-state index < -0.39 is 10.0 Å². The Kier molecular flexibility index (Phi) is 4.64. The van der Waals surface area contributed by atoms with E-state index in [9.17, 15) is 8.42 Å². The lowest BCUT2D eigenvalue weighted by molar-refractivity contribution is 0.592. The number of para-hydroxylation sites is 1. The first kappa shape index (κ1) is 18.7. The van der Waals surface area contributed by atoms with Crippen LogP contribution in [0.1, 0.15) is 22.0 Å². The van der Waals surface area contributed by atoms with E-state index in [1.807, 2.05) is 30.3 Å². The lowest BCUT2D eigenvalue weighted by Gasteiger charge is -2.29. The Morgan fingerprint density at radius 3 is 2.79 bits per heavy atom. The molecule has 0 unspecified atom stereocenters. The van der Waals surface area contributed by atoms with Crippen molar-refractivity contribution < 1.29 is 8.42 Å². The summed E-state index contributed by atoms with van der Waals surface area (Å²) < 4.78 is 26.8. The first-order valence-corrected chi connectivity index (χ1v) is 12.9. The van der Waals surface area contributed by atoms with Gasteiger partial charge in [-0.15, -0.1) is 22.7 Å². The highest BCUT2D eigenvalue weighted by Crippen LogP contribution is 2.34. The number of fused-ring (bicyclic) bond motifs is 2. The van der Waals surface area contributed by atoms with Crippen LogP contribution >= 0.6 is 22.7 Å². The van der Waals surface area contributed by atoms with Gasteiger partial charge in [0.25, 0.3) is 0 Å². The largest absolute Gasteiger partial charge is 0.270 e. The van der Waals surface area contributed by atoms with Crippen LogP contribution in [-0.2, 0) is 22.9 Å². The molecule has 3 heterocycles. The SMILES string of the molecule is CS(=O)(=O)N1CCCc2cc(-c3csc(Cc4nc5ccccc5s4)n3)ccc21. The second kappa shape index (κ2) is 7.19. The van der Waals surface area contributed by atoms with E-state index >= 15 is 0 Å². The molecule has 0 N–H and O–H groups in total. The van der Waals surface area contributed by atoms with Crippen LogP contribution in [0.3, 0.4) is 0 Å². The van der Waals surface area contributed by atoms with Gasteiger partial charge in [0, 0.05) is 17.5 Å². The Hall–Kier alpha value is -2.29. The maximum absolute atomic E-state index is 12.1. The fourth-order valence-corrected chi connectivity index (χ4v) is 6.58. The first-order valence-electron chi connectivity index (χ1n) is 9.37. The summed E-state index contributed by atoms with van der Waals surface area (Å²) in [6.07, 6.45) is 3.73. The van der Waals surface area contributed by atoms with Crippen LogP contribution in [0, 0.1) is 0 Å². The number of thiazole rings is 2. The van der Waals surface area contributed by atoms with E-state index in [0.717, 1.165) is 57.3 Å². The van der Waals surface area contributed by atoms with Gasteiger partial charge in [-0.3, -0.25) is 4.31 Å². The molecular weight excluding hydrogens is 422 g/mol. The molecule has 5 nitrogen and oxygen atoms in total. The molecule has 0 saturated heterocycles. The quantitative estimate of drug-likeness (QED) is 0.460. The van der Waals surface area contributed by atoms with Crippen molar-refractivity contribution >= 4 is 48.6 Å². The molecule has 0 atom stereocenters. The molecular formula is C21H19N3O2S3. The van der Waals surface area contributed by atoms with Crippen molar-refractivity contribution in [1.82, 2.24) is 9.97 Å². The van der Waals surface area contributed by atoms with Crippen molar-refractivity contribution in [2.45, 2.75) is 19.3 Å². The van der Waals surface area contributed by atoms with E-state index in [2.05, 4.69) is 17.5 Å². The number of aromatic nitrogens is 2. The van der Waals surface area contributed by atoms with Crippen LogP contribution in [-0.4, -0.2) is 31.2 Å². The molecule has 1 aliphatic rings. The molecule has 4 aromatic rings. The van der Waals surface area contributed by atoms with Crippen LogP contribution in [0.25, 0.3) is 21.5 Å². The molecule has 2 aromatic carbocycles. The zero-order chi connectivity index (χ0) is 20.0. The van der Waals surface area contributed by atoms with Gasteiger partial charge in [-0.1, -0.05) is 18.2 Å². The van der Waals surface area contributed by atoms with Gasteiger partial charge < -0.3 is 0 Å². The van der Waals surface area contributed by atoms with Gasteiger partial charge in [0.15, 0.2) is 0 Å². The normalized spacial score (nSPS) is 14.3. The highest BCUT2D eigenvalue weighted by Gasteiger charge is 2.24. The van der Waals surface area contributed by atoms with Gasteiger partial charge in [0.1, 0.15) is 10.0 Å². The van der Waals surface area contributed by atoms with Crippen LogP contribution in [0.15, 0.2) is 47.8 Å². The fourth-order valence-electron chi connectivity index (χ4n) is 3.72. The lowest BCUT2D eigenvalue weighted by atomic mass is 10.00. The number of hydrogen-bond acceptors (Lipinski definition) is 6. The second-order valence-corrected chi connectivity index (χ2v) is 11.1. The number of benzene rings is 2. The van der Waals surface area contributed by atoms with E-state index in [1.54, 1.807) is 22.7 Å². The Morgan fingerprint density at radius 1 is 1.10 bits per heavy atom. The molecule has 0 amide bonds. The molecule has 8 heteroatoms. The van der Waals surface area contributed by atoms with Crippen molar-refractivity contribution in [2.24, 2.45) is 0 Å². The molecule has 0 bridgehead atoms. The maximum Gasteiger partial charge on any atom is 0.232 e. The standard InChI is InChI=1S/C21H19N3O2S3/c1-29(25,26)24-10-4-5-15-11-14(8-9-18(15)24)17-13-27-20(23-17)12-21-22-16-6-2-3-7-19(16)28-21/h2-3,6-9,11,13H,4-5,10,12H2,1H3. The van der Waals surface area contributed by atoms with Gasteiger partial charge in [-0.05, 0) is 42.7 Å². The second-order valence-electron chi connectivity index (χ2n) is 7.16. The predicted molar refractivity (Wildman–Crippen MR) is 120 cm³/mol. The van der Waals surface area contributed by atoms with Crippen LogP contribution < -0.4 is 4.31 Å². The van der Waals surface area contributed by atoms with Gasteiger partial charge in [-0.2, -0.15) is 0 Å². The fraction of sp³-hybridized carbons (Fsp3) is 0.238. The third kappa shape index (κ3) is 3.68. The summed E-state index contributed by atoms with van der Waals surface area (Å²) in [5.74, 6) is 0. The van der Waals surface area contributed by atoms with Crippen molar-refractivity contribution in [2.75, 3.05) is 17.1 Å². The summed E-state index contributed by atoms with van der Waals surface area (Å²) in [5.41, 5.74) is 4.87. The average Bonchev–Trinajstić information content (AvgIpc) is 3.33. The van der Waals surface area contributed by atoms with E-state index in [1.165, 1.54) is 15.3 Å². The van der Waals surface area contributed by atoms with Gasteiger partial charge in [0.05, 0.1) is 34.3 Å². The molecule has 0 saturated carbocycles. The van der Waals surface area contributed by atoms with Gasteiger partial charge >= 0.3 is 0 Å². The monoisotopic (exact) mass is 441 g/mol. The van der Waals surface area contributed by atoms with Crippen LogP contribution in [0.4, 0.5) is 5.69 Å². The third-order valence-corrected chi connectivity index (χ3v) is 8.11. The summed E-state index contributed by atoms with van der Waals surface area (Å²) in [6, 6.07) is 14.1. The molecule has 0 radical (unpaired) electrons. The smallest absolute Gasteiger partial charge is 0.232 e. The molecule has 1 aliphatic heterocycles. The molecule has 29 heavy (non-hydrogen) atoms. The predicted octanol–water partition coefficient (Wildman–Crippen LogP) is 4.72. The van der Waals surface area contributed by atoms with Crippen molar-refractivity contribution in [3.8, 4) is 11.3 Å². The van der Waals surface area contributed by atoms with E-state index in [4.69, 9.17) is 9.97 Å². The highest BCUT2D eigenvalue weighted by molar-refractivity contribution is 7.92. The summed E-state index contributed by atoms with van der Waals surface area (Å²) in [6.45, 7) is 0.550. The Labute approximate surface area is 177 Å². The minimum absolute atomic E-state index is 0.550. The summed E-state index contributed by atoms with van der Waals surface area (Å²) in [4.78, 5) is 9.52. The summed E-state index contributed by atoms with van der Waals surface area (Å²) in [5, 5.41) is 4.18. The number of aryl methyl sites for hydroxylation is 1. The molecule has 5 rings (SSSR count). The van der Waals surface area contributed by atoms with Gasteiger partial charge in [0.2, 0.25) is 10.0 Å². The zero-order valence-corrected chi connectivity index (χ0v) is 18.3. The number of rotatable bonds is 4. The van der Waals surface area contributed by atoms with Crippen molar-refractivity contribution in [3.05, 3.63) is 63.4 Å². The van der Waals surface area contributed by atoms with Gasteiger partial charge in [-0.25, -0.2) is 18.4 Å². The molecule has 2 aromatic heterocycles. The maximum atomic E-state index is 12.1. The summed E-state index contributed by atoms with van der Waals surface area (Å²) in [7, 11) is -3.24. The topological polar surface area (TPSA) is 63.2 Å². The Balaban J connectivity index is 1.42. The number of anilines is 1. The number of sulfonamides is 1. The van der Waals surface area contributed by atoms with E-state index in [-0.39, 0.29) is 0 Å². The Bertz CT molecular complexity index is 1270. The van der Waals surface area contributed by atoms with Crippen LogP contribution in [0.5, 0.6) is 0 Å². The van der Waals surface area contributed by atoms with E-state index in [0.29, 0.717) is 6.54 Å². The minimum Gasteiger partial charge on any atom is -0.270 e. The lowest BCUT2D eigenvalue weighted by Crippen LogP contribution is -2.34. The first-order chi connectivity index (χ1) is 14.0. The third-order valence-electron chi connectivity index (χ3n) is 5.04. The molecule has 0 fully saturated rings. The van der Waals surface area contributed by atoms with Crippen LogP contribution in [0.2, 0.25) is 0 Å². The highest BCUT2D eigenvalue weighted by atomic mass is 32.2. The Morgan fingerprint density at radius 2 is 1.97 bits per heavy atom. The average molecular weight is 442 g/mol. The molecule has 148 valence electrons. The zero-order valence-electron chi connectivity index (χ0n) is 15.8. The molecule has 0 spiro atoms. The molecule has 0 aliphatic carbocycles. The minimum atomic E-state index is -3.24. The van der Waals surface area contributed by atoms with Crippen molar-refractivity contribution in [1.29, 1.82) is 0 Å². The number of hydrogen-bond donors (Lipinski definition) is 0.